The summed E-state index contributed by atoms with van der Waals surface area (Å²) in [6.45, 7) is 4.32. The average Bonchev–Trinajstić information content (AvgIpc) is 2.47. The van der Waals surface area contributed by atoms with Crippen LogP contribution in [-0.4, -0.2) is 17.3 Å². The number of hydrogen-bond acceptors (Lipinski definition) is 2. The molecule has 0 fully saturated rings. The molecule has 0 bridgehead atoms. The molecule has 2 rings (SSSR count). The highest BCUT2D eigenvalue weighted by atomic mass is 32.1. The number of nitrogens with zero attached hydrogens (tertiary/aromatic N) is 1. The van der Waals surface area contributed by atoms with Crippen molar-refractivity contribution in [1.29, 1.82) is 0 Å². The number of benzene rings is 2. The van der Waals surface area contributed by atoms with Crippen molar-refractivity contribution in [3.63, 3.8) is 0 Å². The van der Waals surface area contributed by atoms with Crippen molar-refractivity contribution in [3.8, 4) is 5.75 Å². The van der Waals surface area contributed by atoms with Crippen molar-refractivity contribution in [2.45, 2.75) is 19.8 Å². The lowest BCUT2D eigenvalue weighted by atomic mass is 10.0. The Morgan fingerprint density at radius 3 is 2.33 bits per heavy atom. The van der Waals surface area contributed by atoms with Crippen molar-refractivity contribution in [3.05, 3.63) is 54.1 Å². The van der Waals surface area contributed by atoms with Gasteiger partial charge in [0.2, 0.25) is 0 Å². The van der Waals surface area contributed by atoms with Crippen LogP contribution in [0.25, 0.3) is 0 Å². The normalized spacial score (nSPS) is 10.5. The number of rotatable bonds is 3. The molecule has 0 aliphatic rings. The van der Waals surface area contributed by atoms with Gasteiger partial charge in [-0.05, 0) is 54.0 Å². The van der Waals surface area contributed by atoms with E-state index in [-0.39, 0.29) is 5.75 Å². The zero-order valence-corrected chi connectivity index (χ0v) is 13.3. The minimum atomic E-state index is 0.246. The number of para-hydroxylation sites is 1. The quantitative estimate of drug-likeness (QED) is 0.826. The number of nitrogens with one attached hydrogen (secondary N) is 1. The van der Waals surface area contributed by atoms with Gasteiger partial charge in [-0.3, -0.25) is 0 Å². The smallest absolute Gasteiger partial charge is 0.177 e. The predicted molar refractivity (Wildman–Crippen MR) is 93.3 cm³/mol. The third-order valence-electron chi connectivity index (χ3n) is 3.37. The van der Waals surface area contributed by atoms with E-state index in [9.17, 15) is 5.11 Å². The van der Waals surface area contributed by atoms with Crippen LogP contribution in [0.2, 0.25) is 0 Å². The van der Waals surface area contributed by atoms with Crippen LogP contribution < -0.4 is 10.2 Å². The molecule has 0 saturated heterocycles. The molecule has 0 aliphatic carbocycles. The Morgan fingerprint density at radius 1 is 1.10 bits per heavy atom. The molecule has 2 aromatic carbocycles. The summed E-state index contributed by atoms with van der Waals surface area (Å²) in [5.74, 6) is 0.673. The van der Waals surface area contributed by atoms with Crippen LogP contribution in [0.4, 0.5) is 11.4 Å². The van der Waals surface area contributed by atoms with Crippen LogP contribution in [0.15, 0.2) is 48.5 Å². The highest BCUT2D eigenvalue weighted by molar-refractivity contribution is 7.80. The Balaban J connectivity index is 2.16. The topological polar surface area (TPSA) is 35.5 Å². The second kappa shape index (κ2) is 6.59. The number of anilines is 2. The van der Waals surface area contributed by atoms with Crippen molar-refractivity contribution >= 4 is 28.7 Å². The molecule has 3 nitrogen and oxygen atoms in total. The second-order valence-corrected chi connectivity index (χ2v) is 5.63. The summed E-state index contributed by atoms with van der Waals surface area (Å²) in [6.07, 6.45) is 0. The third kappa shape index (κ3) is 3.73. The first-order valence-electron chi connectivity index (χ1n) is 6.91. The summed E-state index contributed by atoms with van der Waals surface area (Å²) >= 11 is 5.47. The number of hydrogen-bond donors (Lipinski definition) is 2. The molecule has 0 saturated carbocycles. The summed E-state index contributed by atoms with van der Waals surface area (Å²) in [7, 11) is 1.90. The Labute approximate surface area is 131 Å². The average molecular weight is 300 g/mol. The lowest BCUT2D eigenvalue weighted by molar-refractivity contribution is 0.475. The first kappa shape index (κ1) is 15.3. The van der Waals surface area contributed by atoms with Gasteiger partial charge in [-0.15, -0.1) is 0 Å². The molecule has 21 heavy (non-hydrogen) atoms. The minimum Gasteiger partial charge on any atom is -0.508 e. The predicted octanol–water partition coefficient (Wildman–Crippen LogP) is 4.35. The van der Waals surface area contributed by atoms with Crippen LogP contribution in [-0.2, 0) is 0 Å². The molecule has 0 aliphatic heterocycles. The zero-order valence-electron chi connectivity index (χ0n) is 12.5. The minimum absolute atomic E-state index is 0.246. The lowest BCUT2D eigenvalue weighted by Crippen LogP contribution is -2.31. The molecule has 0 amide bonds. The molecule has 0 heterocycles. The van der Waals surface area contributed by atoms with Crippen LogP contribution in [0.3, 0.4) is 0 Å². The van der Waals surface area contributed by atoms with Gasteiger partial charge in [-0.2, -0.15) is 0 Å². The first-order chi connectivity index (χ1) is 9.99. The summed E-state index contributed by atoms with van der Waals surface area (Å²) < 4.78 is 0. The maximum atomic E-state index is 9.34. The van der Waals surface area contributed by atoms with Gasteiger partial charge in [0.1, 0.15) is 5.75 Å². The van der Waals surface area contributed by atoms with Crippen LogP contribution in [0.5, 0.6) is 5.75 Å². The van der Waals surface area contributed by atoms with Crippen LogP contribution >= 0.6 is 12.2 Å². The van der Waals surface area contributed by atoms with Gasteiger partial charge in [0.15, 0.2) is 5.11 Å². The van der Waals surface area contributed by atoms with Gasteiger partial charge in [0.25, 0.3) is 0 Å². The Hall–Kier alpha value is -2.07. The van der Waals surface area contributed by atoms with Gasteiger partial charge in [-0.1, -0.05) is 32.0 Å². The highest BCUT2D eigenvalue weighted by Gasteiger charge is 2.11. The van der Waals surface area contributed by atoms with E-state index in [1.807, 2.05) is 42.3 Å². The fraction of sp³-hybridized carbons (Fsp3) is 0.235. The molecule has 0 unspecified atom stereocenters. The second-order valence-electron chi connectivity index (χ2n) is 5.25. The first-order valence-corrected chi connectivity index (χ1v) is 7.32. The fourth-order valence-corrected chi connectivity index (χ4v) is 2.32. The Morgan fingerprint density at radius 2 is 1.71 bits per heavy atom. The van der Waals surface area contributed by atoms with Gasteiger partial charge in [0.05, 0.1) is 0 Å². The number of aromatic hydroxyl groups is 1. The Kier molecular flexibility index (Phi) is 4.81. The van der Waals surface area contributed by atoms with Crippen molar-refractivity contribution in [2.24, 2.45) is 0 Å². The van der Waals surface area contributed by atoms with Crippen LogP contribution in [0, 0.1) is 0 Å². The summed E-state index contributed by atoms with van der Waals surface area (Å²) in [5, 5.41) is 13.3. The maximum Gasteiger partial charge on any atom is 0.177 e. The van der Waals surface area contributed by atoms with E-state index in [0.29, 0.717) is 11.0 Å². The van der Waals surface area contributed by atoms with Gasteiger partial charge < -0.3 is 15.3 Å². The zero-order chi connectivity index (χ0) is 15.4. The highest BCUT2D eigenvalue weighted by Crippen LogP contribution is 2.25. The lowest BCUT2D eigenvalue weighted by Gasteiger charge is -2.23. The van der Waals surface area contributed by atoms with Crippen molar-refractivity contribution in [1.82, 2.24) is 0 Å². The molecule has 0 aromatic heterocycles. The number of thiocarbonyl (C=S) groups is 1. The molecule has 0 atom stereocenters. The fourth-order valence-electron chi connectivity index (χ4n) is 2.11. The van der Waals surface area contributed by atoms with E-state index >= 15 is 0 Å². The largest absolute Gasteiger partial charge is 0.508 e. The van der Waals surface area contributed by atoms with Crippen LogP contribution in [0.1, 0.15) is 25.3 Å². The van der Waals surface area contributed by atoms with Gasteiger partial charge in [0, 0.05) is 18.4 Å². The van der Waals surface area contributed by atoms with Crippen molar-refractivity contribution < 1.29 is 5.11 Å². The molecule has 110 valence electrons. The Bertz CT molecular complexity index is 623. The molecule has 4 heteroatoms. The molecule has 0 spiro atoms. The monoisotopic (exact) mass is 300 g/mol. The number of phenols is 1. The van der Waals surface area contributed by atoms with Crippen molar-refractivity contribution in [2.75, 3.05) is 17.3 Å². The summed E-state index contributed by atoms with van der Waals surface area (Å²) in [5.41, 5.74) is 3.19. The van der Waals surface area contributed by atoms with Gasteiger partial charge in [-0.25, -0.2) is 0 Å². The van der Waals surface area contributed by atoms with E-state index in [1.54, 1.807) is 12.1 Å². The summed E-state index contributed by atoms with van der Waals surface area (Å²) in [6, 6.07) is 15.1. The van der Waals surface area contributed by atoms with E-state index in [2.05, 4.69) is 25.2 Å². The number of phenolic OH excluding ortho intramolecular Hbond substituents is 1. The maximum absolute atomic E-state index is 9.34. The molecular weight excluding hydrogens is 280 g/mol. The molecule has 2 N–H and O–H groups in total. The standard InChI is InChI=1S/C17H20N2OS/c1-12(2)15-6-4-5-7-16(15)18-17(21)19(3)13-8-10-14(20)11-9-13/h4-12,20H,1-3H3,(H,18,21). The molecule has 2 aromatic rings. The van der Waals surface area contributed by atoms with E-state index in [0.717, 1.165) is 11.4 Å². The summed E-state index contributed by atoms with van der Waals surface area (Å²) in [4.78, 5) is 1.88. The van der Waals surface area contributed by atoms with E-state index < -0.39 is 0 Å². The SMILES string of the molecule is CC(C)c1ccccc1NC(=S)N(C)c1ccc(O)cc1. The molecular formula is C17H20N2OS. The van der Waals surface area contributed by atoms with E-state index in [1.165, 1.54) is 5.56 Å². The van der Waals surface area contributed by atoms with E-state index in [4.69, 9.17) is 12.2 Å². The van der Waals surface area contributed by atoms with Gasteiger partial charge >= 0.3 is 0 Å². The third-order valence-corrected chi connectivity index (χ3v) is 3.74. The molecule has 0 radical (unpaired) electrons.